The predicted octanol–water partition coefficient (Wildman–Crippen LogP) is 4.50. The van der Waals surface area contributed by atoms with Gasteiger partial charge in [-0.05, 0) is 37.7 Å². The first kappa shape index (κ1) is 13.2. The minimum atomic E-state index is 0.328. The Kier molecular flexibility index (Phi) is 7.66. The molecule has 0 fully saturated rings. The van der Waals surface area contributed by atoms with Crippen LogP contribution in [-0.2, 0) is 0 Å². The van der Waals surface area contributed by atoms with Gasteiger partial charge in [-0.1, -0.05) is 39.3 Å². The summed E-state index contributed by atoms with van der Waals surface area (Å²) in [7, 11) is 0.328. The molecule has 13 heavy (non-hydrogen) atoms. The van der Waals surface area contributed by atoms with Gasteiger partial charge in [0.1, 0.15) is 0 Å². The van der Waals surface area contributed by atoms with Gasteiger partial charge in [0.05, 0.1) is 0 Å². The molecule has 0 aliphatic heterocycles. The molecule has 0 heterocycles. The van der Waals surface area contributed by atoms with Crippen LogP contribution in [-0.4, -0.2) is 19.0 Å². The van der Waals surface area contributed by atoms with Crippen LogP contribution in [0.4, 0.5) is 0 Å². The first-order valence-electron chi connectivity index (χ1n) is 5.44. The summed E-state index contributed by atoms with van der Waals surface area (Å²) >= 11 is 0. The van der Waals surface area contributed by atoms with Crippen LogP contribution in [0, 0.1) is 5.92 Å². The van der Waals surface area contributed by atoms with Gasteiger partial charge < -0.3 is 0 Å². The molecule has 0 nitrogen and oxygen atoms in total. The Bertz CT molecular complexity index is 138. The highest BCUT2D eigenvalue weighted by atomic mass is 31.1. The standard InChI is InChI=1S/C12H25P/c1-6-9-13(5)10-7-8-12(4)11(2)3/h11H,4,6-10H2,1-3,5H3. The Morgan fingerprint density at radius 3 is 2.38 bits per heavy atom. The third kappa shape index (κ3) is 7.26. The van der Waals surface area contributed by atoms with Crippen molar-refractivity contribution in [1.82, 2.24) is 0 Å². The van der Waals surface area contributed by atoms with Gasteiger partial charge in [0.15, 0.2) is 0 Å². The normalized spacial score (nSPS) is 13.3. The molecule has 0 saturated carbocycles. The fourth-order valence-electron chi connectivity index (χ4n) is 1.36. The van der Waals surface area contributed by atoms with E-state index in [2.05, 4.69) is 34.0 Å². The molecule has 0 amide bonds. The molecule has 1 unspecified atom stereocenters. The van der Waals surface area contributed by atoms with Crippen LogP contribution >= 0.6 is 7.92 Å². The fraction of sp³-hybridized carbons (Fsp3) is 0.833. The van der Waals surface area contributed by atoms with E-state index in [1.54, 1.807) is 0 Å². The third-order valence-electron chi connectivity index (χ3n) is 2.46. The van der Waals surface area contributed by atoms with E-state index in [9.17, 15) is 0 Å². The van der Waals surface area contributed by atoms with E-state index in [1.165, 1.54) is 37.2 Å². The van der Waals surface area contributed by atoms with Gasteiger partial charge in [-0.2, -0.15) is 0 Å². The first-order chi connectivity index (χ1) is 6.07. The maximum atomic E-state index is 4.10. The smallest absolute Gasteiger partial charge is 0.0263 e. The lowest BCUT2D eigenvalue weighted by Crippen LogP contribution is -1.95. The molecule has 0 radical (unpaired) electrons. The zero-order valence-electron chi connectivity index (χ0n) is 9.77. The van der Waals surface area contributed by atoms with Crippen LogP contribution in [0.1, 0.15) is 40.0 Å². The van der Waals surface area contributed by atoms with Crippen LogP contribution < -0.4 is 0 Å². The molecule has 0 aromatic heterocycles. The lowest BCUT2D eigenvalue weighted by atomic mass is 10.0. The van der Waals surface area contributed by atoms with Gasteiger partial charge in [-0.3, -0.25) is 0 Å². The van der Waals surface area contributed by atoms with E-state index in [0.717, 1.165) is 0 Å². The van der Waals surface area contributed by atoms with Crippen molar-refractivity contribution in [3.63, 3.8) is 0 Å². The lowest BCUT2D eigenvalue weighted by Gasteiger charge is -2.12. The minimum absolute atomic E-state index is 0.328. The van der Waals surface area contributed by atoms with Crippen molar-refractivity contribution in [1.29, 1.82) is 0 Å². The van der Waals surface area contributed by atoms with Crippen molar-refractivity contribution >= 4 is 7.92 Å². The molecule has 0 aliphatic carbocycles. The molecule has 0 N–H and O–H groups in total. The minimum Gasteiger partial charge on any atom is -0.110 e. The van der Waals surface area contributed by atoms with Crippen molar-refractivity contribution in [2.75, 3.05) is 19.0 Å². The Morgan fingerprint density at radius 1 is 1.31 bits per heavy atom. The van der Waals surface area contributed by atoms with E-state index in [-0.39, 0.29) is 0 Å². The largest absolute Gasteiger partial charge is 0.110 e. The number of hydrogen-bond donors (Lipinski definition) is 0. The zero-order valence-corrected chi connectivity index (χ0v) is 10.7. The quantitative estimate of drug-likeness (QED) is 0.419. The molecule has 1 heteroatoms. The van der Waals surface area contributed by atoms with Crippen molar-refractivity contribution in [3.05, 3.63) is 12.2 Å². The second-order valence-electron chi connectivity index (χ2n) is 4.22. The average Bonchev–Trinajstić information content (AvgIpc) is 2.04. The molecule has 0 rings (SSSR count). The molecule has 0 aromatic carbocycles. The van der Waals surface area contributed by atoms with Crippen molar-refractivity contribution in [2.24, 2.45) is 5.92 Å². The molecule has 0 spiro atoms. The second kappa shape index (κ2) is 7.56. The van der Waals surface area contributed by atoms with E-state index in [1.807, 2.05) is 0 Å². The Hall–Kier alpha value is 0.170. The molecular weight excluding hydrogens is 175 g/mol. The maximum absolute atomic E-state index is 4.10. The first-order valence-corrected chi connectivity index (χ1v) is 7.60. The van der Waals surface area contributed by atoms with E-state index < -0.39 is 0 Å². The van der Waals surface area contributed by atoms with Gasteiger partial charge in [0, 0.05) is 0 Å². The van der Waals surface area contributed by atoms with Crippen molar-refractivity contribution < 1.29 is 0 Å². The van der Waals surface area contributed by atoms with Gasteiger partial charge >= 0.3 is 0 Å². The van der Waals surface area contributed by atoms with Crippen LogP contribution in [0.3, 0.4) is 0 Å². The van der Waals surface area contributed by atoms with Crippen LogP contribution in [0.25, 0.3) is 0 Å². The number of rotatable bonds is 7. The highest BCUT2D eigenvalue weighted by Crippen LogP contribution is 2.33. The second-order valence-corrected chi connectivity index (χ2v) is 6.83. The summed E-state index contributed by atoms with van der Waals surface area (Å²) in [5.41, 5.74) is 1.43. The molecule has 1 atom stereocenters. The van der Waals surface area contributed by atoms with E-state index >= 15 is 0 Å². The van der Waals surface area contributed by atoms with E-state index in [0.29, 0.717) is 13.8 Å². The molecular formula is C12H25P. The summed E-state index contributed by atoms with van der Waals surface area (Å²) in [4.78, 5) is 0. The van der Waals surface area contributed by atoms with Gasteiger partial charge in [0.2, 0.25) is 0 Å². The Labute approximate surface area is 85.6 Å². The molecule has 0 aromatic rings. The lowest BCUT2D eigenvalue weighted by molar-refractivity contribution is 0.707. The summed E-state index contributed by atoms with van der Waals surface area (Å²) in [6, 6.07) is 0. The van der Waals surface area contributed by atoms with Gasteiger partial charge in [-0.25, -0.2) is 0 Å². The summed E-state index contributed by atoms with van der Waals surface area (Å²) in [5.74, 6) is 0.675. The average molecular weight is 200 g/mol. The highest BCUT2D eigenvalue weighted by molar-refractivity contribution is 7.56. The summed E-state index contributed by atoms with van der Waals surface area (Å²) in [6.45, 7) is 13.3. The van der Waals surface area contributed by atoms with Gasteiger partial charge in [-0.15, -0.1) is 7.92 Å². The summed E-state index contributed by atoms with van der Waals surface area (Å²) in [6.07, 6.45) is 6.85. The number of hydrogen-bond acceptors (Lipinski definition) is 0. The zero-order chi connectivity index (χ0) is 10.3. The predicted molar refractivity (Wildman–Crippen MR) is 66.1 cm³/mol. The van der Waals surface area contributed by atoms with Crippen LogP contribution in [0.2, 0.25) is 0 Å². The molecule has 0 saturated heterocycles. The van der Waals surface area contributed by atoms with Crippen LogP contribution in [0.15, 0.2) is 12.2 Å². The van der Waals surface area contributed by atoms with E-state index in [4.69, 9.17) is 0 Å². The van der Waals surface area contributed by atoms with Crippen LogP contribution in [0.5, 0.6) is 0 Å². The van der Waals surface area contributed by atoms with Crippen molar-refractivity contribution in [3.8, 4) is 0 Å². The summed E-state index contributed by atoms with van der Waals surface area (Å²) < 4.78 is 0. The van der Waals surface area contributed by atoms with Crippen molar-refractivity contribution in [2.45, 2.75) is 40.0 Å². The Balaban J connectivity index is 3.39. The summed E-state index contributed by atoms with van der Waals surface area (Å²) in [5, 5.41) is 0. The molecule has 78 valence electrons. The SMILES string of the molecule is C=C(CCCP(C)CCC)C(C)C. The fourth-order valence-corrected chi connectivity index (χ4v) is 3.04. The Morgan fingerprint density at radius 2 is 1.92 bits per heavy atom. The molecule has 0 bridgehead atoms. The topological polar surface area (TPSA) is 0 Å². The monoisotopic (exact) mass is 200 g/mol. The third-order valence-corrected chi connectivity index (χ3v) is 4.75. The maximum Gasteiger partial charge on any atom is -0.0263 e. The molecule has 0 aliphatic rings. The number of allylic oxidation sites excluding steroid dienone is 1. The van der Waals surface area contributed by atoms with Gasteiger partial charge in [0.25, 0.3) is 0 Å². The highest BCUT2D eigenvalue weighted by Gasteiger charge is 2.02.